The number of amides is 1. The van der Waals surface area contributed by atoms with Crippen LogP contribution >= 0.6 is 0 Å². The molecule has 0 radical (unpaired) electrons. The van der Waals surface area contributed by atoms with Crippen LogP contribution in [0.2, 0.25) is 0 Å². The number of carbonyl (C=O) groups excluding carboxylic acids is 1. The number of alkyl halides is 2. The third-order valence-corrected chi connectivity index (χ3v) is 4.57. The van der Waals surface area contributed by atoms with E-state index in [-0.39, 0.29) is 42.1 Å². The monoisotopic (exact) mass is 318 g/mol. The highest BCUT2D eigenvalue weighted by atomic mass is 32.2. The van der Waals surface area contributed by atoms with E-state index in [0.717, 1.165) is 6.26 Å². The summed E-state index contributed by atoms with van der Waals surface area (Å²) in [5.41, 5.74) is 5.88. The van der Waals surface area contributed by atoms with E-state index in [2.05, 4.69) is 0 Å². The highest BCUT2D eigenvalue weighted by Gasteiger charge is 2.36. The Hall–Kier alpha value is -1.70. The van der Waals surface area contributed by atoms with Crippen LogP contribution in [0, 0.1) is 0 Å². The molecule has 0 aromatic heterocycles. The number of piperidine rings is 1. The van der Waals surface area contributed by atoms with Gasteiger partial charge in [0.2, 0.25) is 0 Å². The minimum atomic E-state index is -3.41. The van der Waals surface area contributed by atoms with Gasteiger partial charge < -0.3 is 10.6 Å². The summed E-state index contributed by atoms with van der Waals surface area (Å²) >= 11 is 0. The van der Waals surface area contributed by atoms with Crippen LogP contribution in [0.25, 0.3) is 0 Å². The predicted molar refractivity (Wildman–Crippen MR) is 74.0 cm³/mol. The van der Waals surface area contributed by atoms with Crippen LogP contribution in [0.1, 0.15) is 23.2 Å². The minimum Gasteiger partial charge on any atom is -0.398 e. The summed E-state index contributed by atoms with van der Waals surface area (Å²) in [5.74, 6) is -3.19. The average molecular weight is 318 g/mol. The molecule has 0 bridgehead atoms. The van der Waals surface area contributed by atoms with Crippen molar-refractivity contribution in [1.29, 1.82) is 0 Å². The normalized spacial score (nSPS) is 18.5. The molecule has 1 aromatic rings. The Bertz CT molecular complexity index is 664. The van der Waals surface area contributed by atoms with E-state index in [9.17, 15) is 22.0 Å². The molecule has 1 aliphatic heterocycles. The lowest BCUT2D eigenvalue weighted by atomic mass is 10.0. The molecule has 0 spiro atoms. The van der Waals surface area contributed by atoms with Gasteiger partial charge in [-0.3, -0.25) is 4.79 Å². The number of rotatable bonds is 2. The number of hydrogen-bond acceptors (Lipinski definition) is 4. The van der Waals surface area contributed by atoms with Crippen LogP contribution in [0.3, 0.4) is 0 Å². The van der Waals surface area contributed by atoms with Gasteiger partial charge in [0.25, 0.3) is 11.8 Å². The number of benzene rings is 1. The van der Waals surface area contributed by atoms with Gasteiger partial charge >= 0.3 is 0 Å². The lowest BCUT2D eigenvalue weighted by Gasteiger charge is -2.32. The smallest absolute Gasteiger partial charge is 0.255 e. The zero-order chi connectivity index (χ0) is 15.8. The van der Waals surface area contributed by atoms with Gasteiger partial charge in [-0.25, -0.2) is 17.2 Å². The molecular weight excluding hydrogens is 302 g/mol. The molecule has 0 unspecified atom stereocenters. The largest absolute Gasteiger partial charge is 0.398 e. The number of anilines is 1. The van der Waals surface area contributed by atoms with Crippen molar-refractivity contribution in [3.8, 4) is 0 Å². The van der Waals surface area contributed by atoms with E-state index in [1.165, 1.54) is 23.1 Å². The average Bonchev–Trinajstić information content (AvgIpc) is 2.36. The molecule has 0 atom stereocenters. The molecule has 21 heavy (non-hydrogen) atoms. The van der Waals surface area contributed by atoms with Crippen LogP contribution in [-0.2, 0) is 9.84 Å². The van der Waals surface area contributed by atoms with Crippen LogP contribution in [0.5, 0.6) is 0 Å². The molecule has 8 heteroatoms. The maximum atomic E-state index is 13.1. The summed E-state index contributed by atoms with van der Waals surface area (Å²) in [7, 11) is -3.41. The van der Waals surface area contributed by atoms with Gasteiger partial charge in [0.05, 0.1) is 10.5 Å². The number of carbonyl (C=O) groups is 1. The van der Waals surface area contributed by atoms with E-state index in [1.54, 1.807) is 0 Å². The number of nitrogens with two attached hydrogens (primary N) is 1. The quantitative estimate of drug-likeness (QED) is 0.839. The molecule has 116 valence electrons. The Morgan fingerprint density at radius 3 is 2.33 bits per heavy atom. The molecule has 1 aromatic carbocycles. The SMILES string of the molecule is CS(=O)(=O)c1ccc(C(=O)N2CCC(F)(F)CC2)c(N)c1. The molecule has 0 saturated carbocycles. The zero-order valence-corrected chi connectivity index (χ0v) is 12.3. The molecule has 5 nitrogen and oxygen atoms in total. The van der Waals surface area contributed by atoms with Crippen molar-refractivity contribution in [3.63, 3.8) is 0 Å². The first-order valence-corrected chi connectivity index (χ1v) is 8.26. The fraction of sp³-hybridized carbons (Fsp3) is 0.462. The summed E-state index contributed by atoms with van der Waals surface area (Å²) in [6.45, 7) is -0.0851. The maximum absolute atomic E-state index is 13.1. The zero-order valence-electron chi connectivity index (χ0n) is 11.5. The third kappa shape index (κ3) is 3.49. The standard InChI is InChI=1S/C13H16F2N2O3S/c1-21(19,20)9-2-3-10(11(16)8-9)12(18)17-6-4-13(14,15)5-7-17/h2-3,8H,4-7,16H2,1H3. The summed E-state index contributed by atoms with van der Waals surface area (Å²) in [4.78, 5) is 13.6. The Labute approximate surface area is 121 Å². The molecule has 2 rings (SSSR count). The van der Waals surface area contributed by atoms with Crippen molar-refractivity contribution >= 4 is 21.4 Å². The number of nitrogens with zero attached hydrogens (tertiary/aromatic N) is 1. The summed E-state index contributed by atoms with van der Waals surface area (Å²) in [6.07, 6.45) is 0.288. The number of likely N-dealkylation sites (tertiary alicyclic amines) is 1. The van der Waals surface area contributed by atoms with Gasteiger partial charge in [-0.1, -0.05) is 0 Å². The molecule has 2 N–H and O–H groups in total. The van der Waals surface area contributed by atoms with Gasteiger partial charge in [0, 0.05) is 37.9 Å². The minimum absolute atomic E-state index is 0.0155. The third-order valence-electron chi connectivity index (χ3n) is 3.46. The Morgan fingerprint density at radius 1 is 1.29 bits per heavy atom. The van der Waals surface area contributed by atoms with Crippen molar-refractivity contribution in [3.05, 3.63) is 23.8 Å². The second kappa shape index (κ2) is 5.25. The van der Waals surface area contributed by atoms with Crippen LogP contribution < -0.4 is 5.73 Å². The molecule has 1 aliphatic rings. The second-order valence-electron chi connectivity index (χ2n) is 5.17. The van der Waals surface area contributed by atoms with Gasteiger partial charge in [0.1, 0.15) is 0 Å². The summed E-state index contributed by atoms with van der Waals surface area (Å²) < 4.78 is 49.0. The summed E-state index contributed by atoms with van der Waals surface area (Å²) in [6, 6.07) is 3.82. The lowest BCUT2D eigenvalue weighted by Crippen LogP contribution is -2.42. The van der Waals surface area contributed by atoms with Crippen molar-refractivity contribution in [1.82, 2.24) is 4.90 Å². The van der Waals surface area contributed by atoms with Crippen LogP contribution in [0.15, 0.2) is 23.1 Å². The van der Waals surface area contributed by atoms with Crippen LogP contribution in [0.4, 0.5) is 14.5 Å². The van der Waals surface area contributed by atoms with E-state index in [1.807, 2.05) is 0 Å². The lowest BCUT2D eigenvalue weighted by molar-refractivity contribution is -0.0494. The molecule has 1 amide bonds. The number of sulfone groups is 1. The molecular formula is C13H16F2N2O3S. The van der Waals surface area contributed by atoms with E-state index in [0.29, 0.717) is 0 Å². The van der Waals surface area contributed by atoms with Gasteiger partial charge in [-0.2, -0.15) is 0 Å². The first-order valence-electron chi connectivity index (χ1n) is 6.37. The molecule has 0 aliphatic carbocycles. The first kappa shape index (κ1) is 15.7. The second-order valence-corrected chi connectivity index (χ2v) is 7.19. The van der Waals surface area contributed by atoms with Crippen LogP contribution in [-0.4, -0.2) is 44.5 Å². The first-order chi connectivity index (χ1) is 9.60. The van der Waals surface area contributed by atoms with Gasteiger partial charge in [-0.05, 0) is 18.2 Å². The van der Waals surface area contributed by atoms with Crippen molar-refractivity contribution < 1.29 is 22.0 Å². The van der Waals surface area contributed by atoms with Crippen molar-refractivity contribution in [2.45, 2.75) is 23.7 Å². The Balaban J connectivity index is 2.21. The number of nitrogen functional groups attached to an aromatic ring is 1. The fourth-order valence-corrected chi connectivity index (χ4v) is 2.83. The van der Waals surface area contributed by atoms with E-state index < -0.39 is 21.7 Å². The van der Waals surface area contributed by atoms with E-state index >= 15 is 0 Å². The van der Waals surface area contributed by atoms with Crippen molar-refractivity contribution in [2.24, 2.45) is 0 Å². The molecule has 1 saturated heterocycles. The van der Waals surface area contributed by atoms with Gasteiger partial charge in [0.15, 0.2) is 9.84 Å². The fourth-order valence-electron chi connectivity index (χ4n) is 2.17. The maximum Gasteiger partial charge on any atom is 0.255 e. The topological polar surface area (TPSA) is 80.5 Å². The van der Waals surface area contributed by atoms with Crippen molar-refractivity contribution in [2.75, 3.05) is 25.1 Å². The Kier molecular flexibility index (Phi) is 3.92. The highest BCUT2D eigenvalue weighted by Crippen LogP contribution is 2.29. The molecule has 1 fully saturated rings. The number of halogens is 2. The highest BCUT2D eigenvalue weighted by molar-refractivity contribution is 7.90. The molecule has 1 heterocycles. The Morgan fingerprint density at radius 2 is 1.86 bits per heavy atom. The number of hydrogen-bond donors (Lipinski definition) is 1. The van der Waals surface area contributed by atoms with Gasteiger partial charge in [-0.15, -0.1) is 0 Å². The predicted octanol–water partition coefficient (Wildman–Crippen LogP) is 1.54. The van der Waals surface area contributed by atoms with E-state index in [4.69, 9.17) is 5.73 Å². The summed E-state index contributed by atoms with van der Waals surface area (Å²) in [5, 5.41) is 0.